The van der Waals surface area contributed by atoms with Crippen LogP contribution in [0.15, 0.2) is 36.4 Å². The maximum absolute atomic E-state index is 6.10. The summed E-state index contributed by atoms with van der Waals surface area (Å²) in [6.45, 7) is 8.33. The molecule has 4 heterocycles. The van der Waals surface area contributed by atoms with Crippen LogP contribution in [-0.2, 0) is 0 Å². The summed E-state index contributed by atoms with van der Waals surface area (Å²) in [5.74, 6) is 0. The number of likely N-dealkylation sites (tertiary alicyclic amines) is 1. The normalized spacial score (nSPS) is 24.3. The third kappa shape index (κ3) is 3.65. The molecular formula is C23H31N5S. The molecule has 2 saturated heterocycles. The molecular weight excluding hydrogens is 378 g/mol. The number of hydrogen-bond acceptors (Lipinski definition) is 6. The number of hydrogen-bond donors (Lipinski definition) is 3. The quantitative estimate of drug-likeness (QED) is 0.723. The molecule has 1 aromatic heterocycles. The van der Waals surface area contributed by atoms with E-state index in [0.29, 0.717) is 6.04 Å². The lowest BCUT2D eigenvalue weighted by Gasteiger charge is -2.33. The summed E-state index contributed by atoms with van der Waals surface area (Å²) in [4.78, 5) is 7.74. The van der Waals surface area contributed by atoms with E-state index < -0.39 is 0 Å². The number of benzene rings is 1. The number of piperazine rings is 1. The molecule has 0 bridgehead atoms. The predicted octanol–water partition coefficient (Wildman–Crippen LogP) is 3.40. The largest absolute Gasteiger partial charge is 0.373 e. The highest BCUT2D eigenvalue weighted by atomic mass is 32.1. The van der Waals surface area contributed by atoms with Gasteiger partial charge in [0.25, 0.3) is 0 Å². The lowest BCUT2D eigenvalue weighted by atomic mass is 10.00. The zero-order valence-electron chi connectivity index (χ0n) is 17.2. The van der Waals surface area contributed by atoms with Crippen LogP contribution in [0.3, 0.4) is 0 Å². The molecule has 5 rings (SSSR count). The summed E-state index contributed by atoms with van der Waals surface area (Å²) in [6.07, 6.45) is 4.85. The molecule has 3 aliphatic rings. The van der Waals surface area contributed by atoms with E-state index in [0.717, 1.165) is 39.3 Å². The molecule has 0 saturated carbocycles. The fourth-order valence-electron chi connectivity index (χ4n) is 4.87. The highest BCUT2D eigenvalue weighted by Gasteiger charge is 2.31. The average molecular weight is 410 g/mol. The van der Waals surface area contributed by atoms with Gasteiger partial charge < -0.3 is 26.2 Å². The monoisotopic (exact) mass is 409 g/mol. The van der Waals surface area contributed by atoms with Gasteiger partial charge in [0.15, 0.2) is 0 Å². The molecule has 0 radical (unpaired) electrons. The van der Waals surface area contributed by atoms with Crippen LogP contribution in [0.4, 0.5) is 11.4 Å². The average Bonchev–Trinajstić information content (AvgIpc) is 3.39. The maximum Gasteiger partial charge on any atom is 0.0736 e. The van der Waals surface area contributed by atoms with Crippen LogP contribution in [-0.4, -0.2) is 50.2 Å². The Morgan fingerprint density at radius 1 is 1.14 bits per heavy atom. The topological polar surface area (TPSA) is 56.6 Å². The molecule has 5 nitrogen and oxygen atoms in total. The zero-order valence-corrected chi connectivity index (χ0v) is 18.0. The first-order valence-corrected chi connectivity index (χ1v) is 11.7. The van der Waals surface area contributed by atoms with E-state index in [9.17, 15) is 0 Å². The van der Waals surface area contributed by atoms with Crippen LogP contribution < -0.4 is 21.3 Å². The van der Waals surface area contributed by atoms with Gasteiger partial charge in [-0.2, -0.15) is 0 Å². The first-order valence-electron chi connectivity index (χ1n) is 10.8. The van der Waals surface area contributed by atoms with E-state index in [2.05, 4.69) is 63.8 Å². The van der Waals surface area contributed by atoms with Crippen molar-refractivity contribution in [3.63, 3.8) is 0 Å². The van der Waals surface area contributed by atoms with Crippen LogP contribution in [0, 0.1) is 6.92 Å². The third-order valence-electron chi connectivity index (χ3n) is 6.42. The van der Waals surface area contributed by atoms with Crippen molar-refractivity contribution >= 4 is 28.4 Å². The Morgan fingerprint density at radius 2 is 1.93 bits per heavy atom. The summed E-state index contributed by atoms with van der Waals surface area (Å²) in [7, 11) is 0. The second-order valence-corrected chi connectivity index (χ2v) is 9.58. The standard InChI is InChI=1S/C23H31N5S/c1-16-13-21-23(29-16)22(28-10-2-3-19(28)15-24)14-20(26-21)17-4-6-18(7-5-17)27-11-8-25-9-12-27/h4-7,13-14,19-20,25-26H,2-3,8-12,15,24H2,1H3. The maximum atomic E-state index is 6.10. The highest BCUT2D eigenvalue weighted by Crippen LogP contribution is 2.44. The van der Waals surface area contributed by atoms with Crippen LogP contribution in [0.5, 0.6) is 0 Å². The molecule has 6 heteroatoms. The van der Waals surface area contributed by atoms with Crippen molar-refractivity contribution in [2.75, 3.05) is 49.5 Å². The molecule has 2 atom stereocenters. The Morgan fingerprint density at radius 3 is 2.69 bits per heavy atom. The van der Waals surface area contributed by atoms with E-state index in [1.165, 1.54) is 45.2 Å². The van der Waals surface area contributed by atoms with Crippen molar-refractivity contribution in [3.05, 3.63) is 51.7 Å². The first-order chi connectivity index (χ1) is 14.2. The van der Waals surface area contributed by atoms with E-state index >= 15 is 0 Å². The number of thiophene rings is 1. The molecule has 1 aromatic carbocycles. The number of fused-ring (bicyclic) bond motifs is 1. The van der Waals surface area contributed by atoms with Crippen molar-refractivity contribution < 1.29 is 0 Å². The Hall–Kier alpha value is -2.02. The Balaban J connectivity index is 1.44. The number of nitrogens with two attached hydrogens (primary N) is 1. The summed E-state index contributed by atoms with van der Waals surface area (Å²) in [5.41, 5.74) is 11.4. The Labute approximate surface area is 177 Å². The van der Waals surface area contributed by atoms with Crippen LogP contribution in [0.1, 0.15) is 34.2 Å². The van der Waals surface area contributed by atoms with Gasteiger partial charge in [-0.25, -0.2) is 0 Å². The second kappa shape index (κ2) is 8.01. The molecule has 2 aromatic rings. The molecule has 0 spiro atoms. The van der Waals surface area contributed by atoms with Gasteiger partial charge in [0.1, 0.15) is 0 Å². The van der Waals surface area contributed by atoms with Gasteiger partial charge in [0, 0.05) is 55.9 Å². The Bertz CT molecular complexity index is 881. The van der Waals surface area contributed by atoms with Gasteiger partial charge >= 0.3 is 0 Å². The molecule has 3 aliphatic heterocycles. The molecule has 2 unspecified atom stereocenters. The summed E-state index contributed by atoms with van der Waals surface area (Å²) in [5, 5.41) is 7.20. The zero-order chi connectivity index (χ0) is 19.8. The number of rotatable bonds is 4. The fraction of sp³-hybridized carbons (Fsp3) is 0.478. The molecule has 4 N–H and O–H groups in total. The van der Waals surface area contributed by atoms with Gasteiger partial charge in [0.2, 0.25) is 0 Å². The van der Waals surface area contributed by atoms with Crippen molar-refractivity contribution in [2.45, 2.75) is 31.8 Å². The van der Waals surface area contributed by atoms with Crippen LogP contribution >= 0.6 is 11.3 Å². The van der Waals surface area contributed by atoms with Crippen LogP contribution in [0.25, 0.3) is 5.70 Å². The number of anilines is 2. The highest BCUT2D eigenvalue weighted by molar-refractivity contribution is 7.13. The van der Waals surface area contributed by atoms with Crippen molar-refractivity contribution in [2.24, 2.45) is 5.73 Å². The van der Waals surface area contributed by atoms with Gasteiger partial charge in [0.05, 0.1) is 22.3 Å². The van der Waals surface area contributed by atoms with Gasteiger partial charge in [-0.15, -0.1) is 11.3 Å². The summed E-state index contributed by atoms with van der Waals surface area (Å²) >= 11 is 1.89. The lowest BCUT2D eigenvalue weighted by Crippen LogP contribution is -2.43. The molecule has 2 fully saturated rings. The molecule has 0 aliphatic carbocycles. The lowest BCUT2D eigenvalue weighted by molar-refractivity contribution is 0.375. The van der Waals surface area contributed by atoms with Gasteiger partial charge in [-0.1, -0.05) is 12.1 Å². The summed E-state index contributed by atoms with van der Waals surface area (Å²) in [6, 6.07) is 12.1. The minimum absolute atomic E-state index is 0.197. The molecule has 0 amide bonds. The van der Waals surface area contributed by atoms with E-state index in [4.69, 9.17) is 5.73 Å². The van der Waals surface area contributed by atoms with Gasteiger partial charge in [-0.05, 0) is 49.6 Å². The Kier molecular flexibility index (Phi) is 5.24. The third-order valence-corrected chi connectivity index (χ3v) is 7.49. The predicted molar refractivity (Wildman–Crippen MR) is 124 cm³/mol. The molecule has 154 valence electrons. The smallest absolute Gasteiger partial charge is 0.0736 e. The van der Waals surface area contributed by atoms with Gasteiger partial charge in [-0.3, -0.25) is 0 Å². The molecule has 29 heavy (non-hydrogen) atoms. The van der Waals surface area contributed by atoms with E-state index in [1.54, 1.807) is 0 Å². The summed E-state index contributed by atoms with van der Waals surface area (Å²) < 4.78 is 0. The van der Waals surface area contributed by atoms with E-state index in [1.807, 2.05) is 11.3 Å². The van der Waals surface area contributed by atoms with Crippen molar-refractivity contribution in [1.82, 2.24) is 10.2 Å². The van der Waals surface area contributed by atoms with E-state index in [-0.39, 0.29) is 6.04 Å². The number of nitrogens with one attached hydrogen (secondary N) is 2. The van der Waals surface area contributed by atoms with Crippen molar-refractivity contribution in [3.8, 4) is 0 Å². The first kappa shape index (κ1) is 19.0. The van der Waals surface area contributed by atoms with Crippen LogP contribution in [0.2, 0.25) is 0 Å². The van der Waals surface area contributed by atoms with Crippen molar-refractivity contribution in [1.29, 1.82) is 0 Å². The SMILES string of the molecule is Cc1cc2c(s1)C(N1CCCC1CN)=CC(c1ccc(N3CCNCC3)cc1)N2. The number of nitrogens with zero attached hydrogens (tertiary/aromatic N) is 2. The minimum Gasteiger partial charge on any atom is -0.373 e. The second-order valence-electron chi connectivity index (χ2n) is 8.33. The fourth-order valence-corrected chi connectivity index (χ4v) is 5.89. The minimum atomic E-state index is 0.197. The number of aryl methyl sites for hydroxylation is 1.